The lowest BCUT2D eigenvalue weighted by Crippen LogP contribution is -2.51. The maximum atomic E-state index is 14.0. The van der Waals surface area contributed by atoms with Gasteiger partial charge in [-0.1, -0.05) is 36.2 Å². The van der Waals surface area contributed by atoms with Crippen LogP contribution in [0, 0.1) is 5.82 Å². The highest BCUT2D eigenvalue weighted by Gasteiger charge is 2.34. The Morgan fingerprint density at radius 1 is 0.951 bits per heavy atom. The monoisotopic (exact) mass is 625 g/mol. The molecule has 0 saturated carbocycles. The molecule has 0 spiro atoms. The fourth-order valence-electron chi connectivity index (χ4n) is 4.16. The number of ether oxygens (including phenoxy) is 2. The van der Waals surface area contributed by atoms with E-state index in [1.54, 1.807) is 25.1 Å². The quantitative estimate of drug-likeness (QED) is 0.307. The molecule has 3 rings (SSSR count). The normalized spacial score (nSPS) is 11.9. The van der Waals surface area contributed by atoms with E-state index in [1.807, 2.05) is 0 Å². The molecule has 1 N–H and O–H groups in total. The van der Waals surface area contributed by atoms with Crippen LogP contribution in [0.15, 0.2) is 65.6 Å². The van der Waals surface area contributed by atoms with Gasteiger partial charge in [-0.2, -0.15) is 0 Å². The van der Waals surface area contributed by atoms with Crippen molar-refractivity contribution in [2.45, 2.75) is 30.8 Å². The Labute approximate surface area is 248 Å². The summed E-state index contributed by atoms with van der Waals surface area (Å²) in [4.78, 5) is 27.8. The summed E-state index contributed by atoms with van der Waals surface area (Å²) >= 11 is 12.2. The van der Waals surface area contributed by atoms with Crippen LogP contribution < -0.4 is 19.1 Å². The van der Waals surface area contributed by atoms with Crippen LogP contribution in [-0.4, -0.2) is 59.0 Å². The molecule has 220 valence electrons. The van der Waals surface area contributed by atoms with Gasteiger partial charge < -0.3 is 19.7 Å². The number of rotatable bonds is 12. The average molecular weight is 627 g/mol. The molecule has 3 aromatic rings. The van der Waals surface area contributed by atoms with Crippen molar-refractivity contribution in [3.05, 3.63) is 82.1 Å². The first-order valence-electron chi connectivity index (χ1n) is 12.4. The highest BCUT2D eigenvalue weighted by atomic mass is 35.5. The molecule has 0 unspecified atom stereocenters. The number of hydrogen-bond acceptors (Lipinski definition) is 6. The molecular formula is C28H30Cl2FN3O6S. The first-order chi connectivity index (χ1) is 19.5. The van der Waals surface area contributed by atoms with Crippen molar-refractivity contribution >= 4 is 50.7 Å². The zero-order chi connectivity index (χ0) is 30.3. The van der Waals surface area contributed by atoms with Crippen LogP contribution in [0.25, 0.3) is 0 Å². The number of halogens is 3. The molecular weight excluding hydrogens is 596 g/mol. The van der Waals surface area contributed by atoms with Gasteiger partial charge in [0.1, 0.15) is 18.4 Å². The summed E-state index contributed by atoms with van der Waals surface area (Å²) in [5.74, 6) is -1.24. The number of carbonyl (C=O) groups excluding carboxylic acids is 2. The lowest BCUT2D eigenvalue weighted by molar-refractivity contribution is -0.140. The predicted octanol–water partition coefficient (Wildman–Crippen LogP) is 4.90. The Kier molecular flexibility index (Phi) is 10.8. The summed E-state index contributed by atoms with van der Waals surface area (Å²) < 4.78 is 53.1. The van der Waals surface area contributed by atoms with Gasteiger partial charge in [-0.05, 0) is 60.5 Å². The van der Waals surface area contributed by atoms with E-state index < -0.39 is 40.2 Å². The molecule has 0 saturated heterocycles. The second-order valence-electron chi connectivity index (χ2n) is 8.81. The second-order valence-corrected chi connectivity index (χ2v) is 11.5. The molecule has 0 fully saturated rings. The van der Waals surface area contributed by atoms with Crippen molar-refractivity contribution in [1.82, 2.24) is 10.2 Å². The zero-order valence-electron chi connectivity index (χ0n) is 22.9. The Balaban J connectivity index is 2.10. The third-order valence-electron chi connectivity index (χ3n) is 6.31. The van der Waals surface area contributed by atoms with E-state index in [9.17, 15) is 22.4 Å². The molecule has 41 heavy (non-hydrogen) atoms. The van der Waals surface area contributed by atoms with Crippen LogP contribution in [0.1, 0.15) is 18.9 Å². The van der Waals surface area contributed by atoms with Crippen LogP contribution in [0.2, 0.25) is 10.0 Å². The molecule has 1 atom stereocenters. The number of nitrogens with one attached hydrogen (secondary N) is 1. The third kappa shape index (κ3) is 7.41. The number of nitrogens with zero attached hydrogens (tertiary/aromatic N) is 2. The molecule has 13 heteroatoms. The number of likely N-dealkylation sites (N-methyl/N-ethyl adjacent to an activating group) is 1. The van der Waals surface area contributed by atoms with Gasteiger partial charge in [0.15, 0.2) is 11.5 Å². The van der Waals surface area contributed by atoms with Gasteiger partial charge in [-0.15, -0.1) is 0 Å². The van der Waals surface area contributed by atoms with Crippen LogP contribution >= 0.6 is 23.2 Å². The number of benzene rings is 3. The SMILES string of the molecule is CC[C@H](C(=O)NC)N(Cc1ccc(Cl)c(Cl)c1)C(=O)CN(c1ccc(F)cc1)S(=O)(=O)c1ccc(OC)c(OC)c1. The van der Waals surface area contributed by atoms with Gasteiger partial charge in [0.25, 0.3) is 10.0 Å². The molecule has 0 aromatic heterocycles. The van der Waals surface area contributed by atoms with Crippen molar-refractivity contribution in [3.63, 3.8) is 0 Å². The van der Waals surface area contributed by atoms with Crippen molar-refractivity contribution in [3.8, 4) is 11.5 Å². The number of carbonyl (C=O) groups is 2. The van der Waals surface area contributed by atoms with Gasteiger partial charge >= 0.3 is 0 Å². The van der Waals surface area contributed by atoms with E-state index in [0.717, 1.165) is 16.4 Å². The van der Waals surface area contributed by atoms with E-state index in [4.69, 9.17) is 32.7 Å². The summed E-state index contributed by atoms with van der Waals surface area (Å²) in [5, 5.41) is 3.12. The Hall–Kier alpha value is -3.54. The van der Waals surface area contributed by atoms with Crippen molar-refractivity contribution in [1.29, 1.82) is 0 Å². The number of hydrogen-bond donors (Lipinski definition) is 1. The highest BCUT2D eigenvalue weighted by molar-refractivity contribution is 7.92. The van der Waals surface area contributed by atoms with Crippen molar-refractivity contribution in [2.75, 3.05) is 32.1 Å². The minimum atomic E-state index is -4.41. The third-order valence-corrected chi connectivity index (χ3v) is 8.81. The summed E-state index contributed by atoms with van der Waals surface area (Å²) in [5.41, 5.74) is 0.614. The van der Waals surface area contributed by atoms with E-state index in [2.05, 4.69) is 5.32 Å². The maximum absolute atomic E-state index is 14.0. The Morgan fingerprint density at radius 2 is 1.61 bits per heavy atom. The van der Waals surface area contributed by atoms with Crippen LogP contribution in [-0.2, 0) is 26.2 Å². The largest absolute Gasteiger partial charge is 0.493 e. The van der Waals surface area contributed by atoms with Gasteiger partial charge in [0.05, 0.1) is 34.8 Å². The standard InChI is InChI=1S/C28H30Cl2FN3O6S/c1-5-24(28(36)32-2)33(16-18-6-12-22(29)23(30)14-18)27(35)17-34(20-9-7-19(31)8-10-20)41(37,38)21-11-13-25(39-3)26(15-21)40-4/h6-15,24H,5,16-17H2,1-4H3,(H,32,36)/t24-/m1/s1. The van der Waals surface area contributed by atoms with Crippen LogP contribution in [0.4, 0.5) is 10.1 Å². The molecule has 0 aliphatic carbocycles. The minimum Gasteiger partial charge on any atom is -0.493 e. The molecule has 0 radical (unpaired) electrons. The predicted molar refractivity (Wildman–Crippen MR) is 156 cm³/mol. The minimum absolute atomic E-state index is 0.0389. The van der Waals surface area contributed by atoms with E-state index in [-0.39, 0.29) is 34.3 Å². The maximum Gasteiger partial charge on any atom is 0.264 e. The van der Waals surface area contributed by atoms with Crippen molar-refractivity contribution < 1.29 is 31.9 Å². The molecule has 0 aliphatic heterocycles. The first-order valence-corrected chi connectivity index (χ1v) is 14.6. The van der Waals surface area contributed by atoms with Crippen LogP contribution in [0.3, 0.4) is 0 Å². The first kappa shape index (κ1) is 32.0. The lowest BCUT2D eigenvalue weighted by atomic mass is 10.1. The van der Waals surface area contributed by atoms with Crippen LogP contribution in [0.5, 0.6) is 11.5 Å². The van der Waals surface area contributed by atoms with Gasteiger partial charge in [-0.25, -0.2) is 12.8 Å². The molecule has 9 nitrogen and oxygen atoms in total. The fraction of sp³-hybridized carbons (Fsp3) is 0.286. The molecule has 3 aromatic carbocycles. The summed E-state index contributed by atoms with van der Waals surface area (Å²) in [6.45, 7) is 0.972. The molecule has 0 heterocycles. The summed E-state index contributed by atoms with van der Waals surface area (Å²) in [6.07, 6.45) is 0.242. The zero-order valence-corrected chi connectivity index (χ0v) is 25.2. The Bertz CT molecular complexity index is 1510. The average Bonchev–Trinajstić information content (AvgIpc) is 2.97. The Morgan fingerprint density at radius 3 is 2.17 bits per heavy atom. The number of amides is 2. The highest BCUT2D eigenvalue weighted by Crippen LogP contribution is 2.32. The van der Waals surface area contributed by atoms with Gasteiger partial charge in [-0.3, -0.25) is 13.9 Å². The van der Waals surface area contributed by atoms with E-state index in [1.165, 1.54) is 56.5 Å². The molecule has 0 aliphatic rings. The number of methoxy groups -OCH3 is 2. The van der Waals surface area contributed by atoms with Crippen molar-refractivity contribution in [2.24, 2.45) is 0 Å². The van der Waals surface area contributed by atoms with E-state index in [0.29, 0.717) is 16.3 Å². The molecule has 2 amide bonds. The van der Waals surface area contributed by atoms with Gasteiger partial charge in [0.2, 0.25) is 11.8 Å². The second kappa shape index (κ2) is 13.9. The molecule has 0 bridgehead atoms. The lowest BCUT2D eigenvalue weighted by Gasteiger charge is -2.33. The fourth-order valence-corrected chi connectivity index (χ4v) is 5.91. The number of anilines is 1. The van der Waals surface area contributed by atoms with E-state index >= 15 is 0 Å². The summed E-state index contributed by atoms with van der Waals surface area (Å²) in [6, 6.07) is 12.5. The topological polar surface area (TPSA) is 105 Å². The number of sulfonamides is 1. The summed E-state index contributed by atoms with van der Waals surface area (Å²) in [7, 11) is -0.192. The van der Waals surface area contributed by atoms with Gasteiger partial charge in [0, 0.05) is 19.7 Å². The smallest absolute Gasteiger partial charge is 0.264 e.